The number of carbonyl (C=O) groups is 2. The topological polar surface area (TPSA) is 128 Å². The van der Waals surface area contributed by atoms with Crippen LogP contribution in [0.1, 0.15) is 11.1 Å². The van der Waals surface area contributed by atoms with Gasteiger partial charge in [-0.2, -0.15) is 0 Å². The molecule has 0 aliphatic carbocycles. The molecule has 0 bridgehead atoms. The molecule has 0 heterocycles. The zero-order chi connectivity index (χ0) is 23.1. The van der Waals surface area contributed by atoms with Crippen molar-refractivity contribution in [1.29, 1.82) is 0 Å². The van der Waals surface area contributed by atoms with Crippen LogP contribution >= 0.6 is 0 Å². The molecular weight excluding hydrogens is 430 g/mol. The Balaban J connectivity index is 1.53. The highest BCUT2D eigenvalue weighted by atomic mass is 32.2. The summed E-state index contributed by atoms with van der Waals surface area (Å²) >= 11 is 0. The Hall–Kier alpha value is -3.85. The number of aryl methyl sites for hydroxylation is 1. The normalized spacial score (nSPS) is 10.9. The first kappa shape index (κ1) is 22.8. The standard InChI is InChI=1S/C23H23N3O5S/c1-16-2-6-19(7-3-16)26-32(29,30)21-12-10-20(11-13-21)31-15-23(28)25-18-8-4-17(5-9-18)14-22(24)27/h2-13,26H,14-15H2,1H3,(H2,24,27)(H,25,28). The summed E-state index contributed by atoms with van der Waals surface area (Å²) in [5.41, 5.74) is 7.94. The number of nitrogens with two attached hydrogens (primary N) is 1. The van der Waals surface area contributed by atoms with Crippen LogP contribution in [-0.2, 0) is 26.0 Å². The van der Waals surface area contributed by atoms with Crippen LogP contribution in [0.3, 0.4) is 0 Å². The van der Waals surface area contributed by atoms with Crippen LogP contribution in [0.5, 0.6) is 5.75 Å². The first-order chi connectivity index (χ1) is 15.2. The molecule has 0 saturated carbocycles. The molecule has 0 saturated heterocycles. The highest BCUT2D eigenvalue weighted by molar-refractivity contribution is 7.92. The summed E-state index contributed by atoms with van der Waals surface area (Å²) in [5, 5.41) is 2.67. The van der Waals surface area contributed by atoms with E-state index >= 15 is 0 Å². The van der Waals surface area contributed by atoms with Crippen LogP contribution in [0.2, 0.25) is 0 Å². The van der Waals surface area contributed by atoms with Gasteiger partial charge >= 0.3 is 0 Å². The maximum Gasteiger partial charge on any atom is 0.262 e. The average Bonchev–Trinajstić information content (AvgIpc) is 2.75. The maximum absolute atomic E-state index is 12.5. The summed E-state index contributed by atoms with van der Waals surface area (Å²) in [7, 11) is -3.74. The Labute approximate surface area is 186 Å². The molecule has 0 spiro atoms. The minimum absolute atomic E-state index is 0.0749. The molecule has 0 radical (unpaired) electrons. The lowest BCUT2D eigenvalue weighted by Crippen LogP contribution is -2.20. The quantitative estimate of drug-likeness (QED) is 0.459. The number of benzene rings is 3. The van der Waals surface area contributed by atoms with Gasteiger partial charge in [-0.1, -0.05) is 29.8 Å². The van der Waals surface area contributed by atoms with Gasteiger partial charge in [0, 0.05) is 11.4 Å². The summed E-state index contributed by atoms with van der Waals surface area (Å²) in [6.45, 7) is 1.66. The Bertz CT molecular complexity index is 1190. The molecular formula is C23H23N3O5S. The van der Waals surface area contributed by atoms with Gasteiger partial charge in [0.1, 0.15) is 5.75 Å². The van der Waals surface area contributed by atoms with Crippen LogP contribution in [-0.4, -0.2) is 26.8 Å². The third-order valence-corrected chi connectivity index (χ3v) is 5.82. The predicted octanol–water partition coefficient (Wildman–Crippen LogP) is 2.84. The highest BCUT2D eigenvalue weighted by Gasteiger charge is 2.14. The van der Waals surface area contributed by atoms with E-state index in [1.165, 1.54) is 24.3 Å². The molecule has 3 rings (SSSR count). The molecule has 2 amide bonds. The van der Waals surface area contributed by atoms with Crippen LogP contribution in [0.4, 0.5) is 11.4 Å². The molecule has 3 aromatic rings. The highest BCUT2D eigenvalue weighted by Crippen LogP contribution is 2.20. The third-order valence-electron chi connectivity index (χ3n) is 4.42. The van der Waals surface area contributed by atoms with Crippen molar-refractivity contribution in [3.05, 3.63) is 83.9 Å². The van der Waals surface area contributed by atoms with Gasteiger partial charge in [0.15, 0.2) is 6.61 Å². The Morgan fingerprint density at radius 3 is 2.06 bits per heavy atom. The first-order valence-corrected chi connectivity index (χ1v) is 11.2. The molecule has 0 fully saturated rings. The van der Waals surface area contributed by atoms with Gasteiger partial charge in [-0.05, 0) is 61.0 Å². The number of carbonyl (C=O) groups excluding carboxylic acids is 2. The van der Waals surface area contributed by atoms with E-state index < -0.39 is 15.9 Å². The number of hydrogen-bond acceptors (Lipinski definition) is 5. The van der Waals surface area contributed by atoms with Gasteiger partial charge in [0.25, 0.3) is 15.9 Å². The van der Waals surface area contributed by atoms with Gasteiger partial charge in [0.05, 0.1) is 11.3 Å². The number of anilines is 2. The van der Waals surface area contributed by atoms with Crippen LogP contribution in [0.25, 0.3) is 0 Å². The monoisotopic (exact) mass is 453 g/mol. The molecule has 0 aliphatic rings. The predicted molar refractivity (Wildman–Crippen MR) is 122 cm³/mol. The smallest absolute Gasteiger partial charge is 0.262 e. The molecule has 0 atom stereocenters. The van der Waals surface area contributed by atoms with Crippen LogP contribution in [0, 0.1) is 6.92 Å². The molecule has 0 aliphatic heterocycles. The molecule has 8 nitrogen and oxygen atoms in total. The number of rotatable bonds is 9. The van der Waals surface area contributed by atoms with Crippen molar-refractivity contribution in [2.45, 2.75) is 18.2 Å². The van der Waals surface area contributed by atoms with Crippen molar-refractivity contribution in [3.63, 3.8) is 0 Å². The summed E-state index contributed by atoms with van der Waals surface area (Å²) < 4.78 is 33.0. The molecule has 32 heavy (non-hydrogen) atoms. The van der Waals surface area contributed by atoms with E-state index in [4.69, 9.17) is 10.5 Å². The second kappa shape index (κ2) is 9.97. The lowest BCUT2D eigenvalue weighted by atomic mass is 10.1. The first-order valence-electron chi connectivity index (χ1n) is 9.71. The summed E-state index contributed by atoms with van der Waals surface area (Å²) in [6.07, 6.45) is 0.129. The minimum atomic E-state index is -3.74. The van der Waals surface area contributed by atoms with Crippen molar-refractivity contribution in [2.75, 3.05) is 16.6 Å². The fraction of sp³-hybridized carbons (Fsp3) is 0.130. The van der Waals surface area contributed by atoms with Crippen molar-refractivity contribution in [2.24, 2.45) is 5.73 Å². The van der Waals surface area contributed by atoms with Crippen LogP contribution in [0.15, 0.2) is 77.7 Å². The molecule has 0 unspecified atom stereocenters. The van der Waals surface area contributed by atoms with Gasteiger partial charge in [-0.15, -0.1) is 0 Å². The molecule has 4 N–H and O–H groups in total. The summed E-state index contributed by atoms with van der Waals surface area (Å²) in [4.78, 5) is 23.1. The second-order valence-electron chi connectivity index (χ2n) is 7.12. The van der Waals surface area contributed by atoms with Gasteiger partial charge in [-0.25, -0.2) is 8.42 Å². The van der Waals surface area contributed by atoms with Crippen molar-refractivity contribution in [3.8, 4) is 5.75 Å². The molecule has 0 aromatic heterocycles. The second-order valence-corrected chi connectivity index (χ2v) is 8.80. The van der Waals surface area contributed by atoms with E-state index in [1.54, 1.807) is 36.4 Å². The SMILES string of the molecule is Cc1ccc(NS(=O)(=O)c2ccc(OCC(=O)Nc3ccc(CC(N)=O)cc3)cc2)cc1. The van der Waals surface area contributed by atoms with E-state index in [0.29, 0.717) is 17.1 Å². The molecule has 166 valence electrons. The molecule has 3 aromatic carbocycles. The van der Waals surface area contributed by atoms with E-state index in [0.717, 1.165) is 11.1 Å². The Morgan fingerprint density at radius 1 is 0.875 bits per heavy atom. The van der Waals surface area contributed by atoms with Gasteiger partial charge in [-0.3, -0.25) is 14.3 Å². The number of sulfonamides is 1. The Morgan fingerprint density at radius 2 is 1.47 bits per heavy atom. The van der Waals surface area contributed by atoms with Crippen molar-refractivity contribution < 1.29 is 22.7 Å². The van der Waals surface area contributed by atoms with Gasteiger partial charge in [0.2, 0.25) is 5.91 Å². The van der Waals surface area contributed by atoms with Crippen LogP contribution < -0.4 is 20.5 Å². The summed E-state index contributed by atoms with van der Waals surface area (Å²) in [6, 6.07) is 19.5. The number of primary amides is 1. The maximum atomic E-state index is 12.5. The van der Waals surface area contributed by atoms with Crippen molar-refractivity contribution >= 4 is 33.2 Å². The zero-order valence-corrected chi connectivity index (χ0v) is 18.2. The average molecular weight is 454 g/mol. The van der Waals surface area contributed by atoms with E-state index in [-0.39, 0.29) is 23.8 Å². The number of amides is 2. The number of nitrogens with one attached hydrogen (secondary N) is 2. The minimum Gasteiger partial charge on any atom is -0.484 e. The molecule has 9 heteroatoms. The lowest BCUT2D eigenvalue weighted by molar-refractivity contribution is -0.118. The van der Waals surface area contributed by atoms with E-state index in [1.807, 2.05) is 19.1 Å². The zero-order valence-electron chi connectivity index (χ0n) is 17.4. The number of hydrogen-bond donors (Lipinski definition) is 3. The lowest BCUT2D eigenvalue weighted by Gasteiger charge is -2.10. The van der Waals surface area contributed by atoms with Gasteiger partial charge < -0.3 is 15.8 Å². The van der Waals surface area contributed by atoms with Crippen molar-refractivity contribution in [1.82, 2.24) is 0 Å². The largest absolute Gasteiger partial charge is 0.484 e. The Kier molecular flexibility index (Phi) is 7.11. The fourth-order valence-corrected chi connectivity index (χ4v) is 3.86. The van der Waals surface area contributed by atoms with E-state index in [2.05, 4.69) is 10.0 Å². The number of ether oxygens (including phenoxy) is 1. The van der Waals surface area contributed by atoms with E-state index in [9.17, 15) is 18.0 Å². The fourth-order valence-electron chi connectivity index (χ4n) is 2.80. The summed E-state index contributed by atoms with van der Waals surface area (Å²) in [5.74, 6) is -0.462. The third kappa shape index (κ3) is 6.58.